The number of rotatable bonds is 7. The van der Waals surface area contributed by atoms with Gasteiger partial charge >= 0.3 is 0 Å². The van der Waals surface area contributed by atoms with Crippen LogP contribution in [0.15, 0.2) is 36.2 Å². The first-order valence-corrected chi connectivity index (χ1v) is 8.84. The summed E-state index contributed by atoms with van der Waals surface area (Å²) in [7, 11) is 0. The third kappa shape index (κ3) is 4.02. The number of hydrogen-bond acceptors (Lipinski definition) is 3. The highest BCUT2D eigenvalue weighted by atomic mass is 16.2. The van der Waals surface area contributed by atoms with Gasteiger partial charge in [-0.25, -0.2) is 0 Å². The van der Waals surface area contributed by atoms with Gasteiger partial charge in [-0.3, -0.25) is 14.6 Å². The van der Waals surface area contributed by atoms with E-state index in [-0.39, 0.29) is 11.8 Å². The fourth-order valence-corrected chi connectivity index (χ4v) is 3.17. The molecule has 1 saturated carbocycles. The molecule has 1 aromatic rings. The maximum Gasteiger partial charge on any atom is 0.235 e. The van der Waals surface area contributed by atoms with E-state index in [9.17, 15) is 9.59 Å². The van der Waals surface area contributed by atoms with Gasteiger partial charge in [-0.15, -0.1) is 0 Å². The van der Waals surface area contributed by atoms with Gasteiger partial charge in [0.15, 0.2) is 0 Å². The molecule has 5 heteroatoms. The molecule has 0 radical (unpaired) electrons. The Hall–Kier alpha value is -2.17. The van der Waals surface area contributed by atoms with Crippen LogP contribution in [0.25, 0.3) is 0 Å². The van der Waals surface area contributed by atoms with E-state index in [1.807, 2.05) is 12.1 Å². The Balaban J connectivity index is 1.45. The van der Waals surface area contributed by atoms with Crippen molar-refractivity contribution in [2.45, 2.75) is 51.5 Å². The molecule has 24 heavy (non-hydrogen) atoms. The maximum atomic E-state index is 12.4. The number of aromatic nitrogens is 1. The number of carbonyl (C=O) groups is 2. The lowest BCUT2D eigenvalue weighted by molar-refractivity contribution is -0.137. The number of carbonyl (C=O) groups excluding carboxylic acids is 2. The molecule has 2 aliphatic carbocycles. The van der Waals surface area contributed by atoms with Crippen LogP contribution in [0.1, 0.15) is 50.5 Å². The Morgan fingerprint density at radius 1 is 1.17 bits per heavy atom. The minimum Gasteiger partial charge on any atom is -0.355 e. The molecule has 2 N–H and O–H groups in total. The molecule has 1 heterocycles. The van der Waals surface area contributed by atoms with Crippen molar-refractivity contribution < 1.29 is 9.59 Å². The first kappa shape index (κ1) is 16.7. The molecule has 2 aliphatic rings. The first-order valence-electron chi connectivity index (χ1n) is 8.84. The summed E-state index contributed by atoms with van der Waals surface area (Å²) < 4.78 is 0. The molecule has 0 aliphatic heterocycles. The van der Waals surface area contributed by atoms with Crippen molar-refractivity contribution in [2.24, 2.45) is 5.41 Å². The van der Waals surface area contributed by atoms with E-state index in [2.05, 4.69) is 21.7 Å². The Morgan fingerprint density at radius 3 is 2.67 bits per heavy atom. The van der Waals surface area contributed by atoms with Gasteiger partial charge in [-0.2, -0.15) is 0 Å². The highest BCUT2D eigenvalue weighted by Gasteiger charge is 2.56. The normalized spacial score (nSPS) is 18.4. The molecule has 2 amide bonds. The van der Waals surface area contributed by atoms with Crippen LogP contribution in [-0.2, 0) is 16.1 Å². The Bertz CT molecular complexity index is 621. The van der Waals surface area contributed by atoms with E-state index in [1.165, 1.54) is 18.4 Å². The maximum absolute atomic E-state index is 12.4. The number of hydrogen-bond donors (Lipinski definition) is 2. The summed E-state index contributed by atoms with van der Waals surface area (Å²) in [6.45, 7) is 1.04. The van der Waals surface area contributed by atoms with Crippen LogP contribution in [0.2, 0.25) is 0 Å². The number of nitrogens with zero attached hydrogens (tertiary/aromatic N) is 1. The number of nitrogens with one attached hydrogen (secondary N) is 2. The zero-order valence-corrected chi connectivity index (χ0v) is 14.0. The van der Waals surface area contributed by atoms with Crippen molar-refractivity contribution in [3.05, 3.63) is 41.7 Å². The number of allylic oxidation sites excluding steroid dienone is 1. The molecule has 0 unspecified atom stereocenters. The second-order valence-electron chi connectivity index (χ2n) is 6.74. The van der Waals surface area contributed by atoms with Crippen LogP contribution in [0, 0.1) is 5.41 Å². The molecule has 1 fully saturated rings. The van der Waals surface area contributed by atoms with E-state index >= 15 is 0 Å². The average molecular weight is 327 g/mol. The van der Waals surface area contributed by atoms with Crippen molar-refractivity contribution in [3.8, 4) is 0 Å². The van der Waals surface area contributed by atoms with Crippen molar-refractivity contribution in [2.75, 3.05) is 6.54 Å². The molecular weight excluding hydrogens is 302 g/mol. The van der Waals surface area contributed by atoms with Crippen molar-refractivity contribution >= 4 is 11.8 Å². The van der Waals surface area contributed by atoms with Crippen molar-refractivity contribution in [3.63, 3.8) is 0 Å². The molecule has 0 atom stereocenters. The van der Waals surface area contributed by atoms with Crippen LogP contribution >= 0.6 is 0 Å². The fraction of sp³-hybridized carbons (Fsp3) is 0.526. The summed E-state index contributed by atoms with van der Waals surface area (Å²) in [5.74, 6) is -0.289. The zero-order valence-electron chi connectivity index (χ0n) is 14.0. The van der Waals surface area contributed by atoms with Crippen molar-refractivity contribution in [1.29, 1.82) is 0 Å². The van der Waals surface area contributed by atoms with E-state index in [4.69, 9.17) is 0 Å². The Labute approximate surface area is 142 Å². The molecule has 1 aromatic heterocycles. The molecule has 0 aromatic carbocycles. The van der Waals surface area contributed by atoms with Crippen LogP contribution in [0.3, 0.4) is 0 Å². The van der Waals surface area contributed by atoms with Crippen LogP contribution in [-0.4, -0.2) is 23.3 Å². The largest absolute Gasteiger partial charge is 0.355 e. The van der Waals surface area contributed by atoms with Gasteiger partial charge in [0.25, 0.3) is 0 Å². The lowest BCUT2D eigenvalue weighted by atomic mass is 9.97. The minimum atomic E-state index is -0.844. The second kappa shape index (κ2) is 7.60. The summed E-state index contributed by atoms with van der Waals surface area (Å²) in [4.78, 5) is 28.8. The third-order valence-electron chi connectivity index (χ3n) is 4.91. The van der Waals surface area contributed by atoms with Gasteiger partial charge in [0.2, 0.25) is 11.8 Å². The van der Waals surface area contributed by atoms with E-state index in [0.29, 0.717) is 25.9 Å². The van der Waals surface area contributed by atoms with Gasteiger partial charge in [0.05, 0.1) is 0 Å². The lowest BCUT2D eigenvalue weighted by Crippen LogP contribution is -2.43. The highest BCUT2D eigenvalue weighted by Crippen LogP contribution is 2.46. The number of pyridine rings is 1. The Kier molecular flexibility index (Phi) is 5.28. The topological polar surface area (TPSA) is 71.1 Å². The lowest BCUT2D eigenvalue weighted by Gasteiger charge is -2.17. The predicted molar refractivity (Wildman–Crippen MR) is 91.9 cm³/mol. The average Bonchev–Trinajstić information content (AvgIpc) is 3.43. The van der Waals surface area contributed by atoms with Crippen LogP contribution in [0.5, 0.6) is 0 Å². The quantitative estimate of drug-likeness (QED) is 0.597. The predicted octanol–water partition coefficient (Wildman–Crippen LogP) is 2.48. The third-order valence-corrected chi connectivity index (χ3v) is 4.91. The van der Waals surface area contributed by atoms with Gasteiger partial charge < -0.3 is 10.6 Å². The number of amides is 2. The molecular formula is C19H25N3O2. The van der Waals surface area contributed by atoms with Crippen molar-refractivity contribution in [1.82, 2.24) is 15.6 Å². The van der Waals surface area contributed by atoms with Crippen LogP contribution in [0.4, 0.5) is 0 Å². The molecule has 5 nitrogen and oxygen atoms in total. The van der Waals surface area contributed by atoms with Gasteiger partial charge in [-0.1, -0.05) is 17.7 Å². The summed E-state index contributed by atoms with van der Waals surface area (Å²) >= 11 is 0. The molecule has 0 spiro atoms. The van der Waals surface area contributed by atoms with Crippen LogP contribution < -0.4 is 10.6 Å². The SMILES string of the molecule is O=C(NCCC1=CCCCC1)C1(C(=O)NCc2cccnc2)CC1. The summed E-state index contributed by atoms with van der Waals surface area (Å²) in [5.41, 5.74) is 1.53. The minimum absolute atomic E-state index is 0.123. The standard InChI is InChI=1S/C19H25N3O2/c23-17(21-12-8-15-5-2-1-3-6-15)19(9-10-19)18(24)22-14-16-7-4-11-20-13-16/h4-5,7,11,13H,1-3,6,8-10,12,14H2,(H,21,23)(H,22,24). The first-order chi connectivity index (χ1) is 11.7. The monoisotopic (exact) mass is 327 g/mol. The van der Waals surface area contributed by atoms with E-state index < -0.39 is 5.41 Å². The smallest absolute Gasteiger partial charge is 0.235 e. The van der Waals surface area contributed by atoms with Gasteiger partial charge in [-0.05, 0) is 56.6 Å². The second-order valence-corrected chi connectivity index (χ2v) is 6.74. The highest BCUT2D eigenvalue weighted by molar-refractivity contribution is 6.07. The Morgan fingerprint density at radius 2 is 2.00 bits per heavy atom. The summed E-state index contributed by atoms with van der Waals surface area (Å²) in [6, 6.07) is 3.74. The summed E-state index contributed by atoms with van der Waals surface area (Å²) in [6.07, 6.45) is 12.7. The molecule has 128 valence electrons. The fourth-order valence-electron chi connectivity index (χ4n) is 3.17. The zero-order chi connectivity index (χ0) is 16.8. The van der Waals surface area contributed by atoms with Gasteiger partial charge in [0, 0.05) is 25.5 Å². The molecule has 0 bridgehead atoms. The van der Waals surface area contributed by atoms with Gasteiger partial charge in [0.1, 0.15) is 5.41 Å². The molecule has 0 saturated heterocycles. The van der Waals surface area contributed by atoms with E-state index in [0.717, 1.165) is 24.8 Å². The molecule has 3 rings (SSSR count). The van der Waals surface area contributed by atoms with E-state index in [1.54, 1.807) is 12.4 Å². The summed E-state index contributed by atoms with van der Waals surface area (Å²) in [5, 5.41) is 5.83.